The highest BCUT2D eigenvalue weighted by molar-refractivity contribution is 5.48. The van der Waals surface area contributed by atoms with Crippen LogP contribution in [0, 0.1) is 6.92 Å². The average molecular weight is 255 g/mol. The van der Waals surface area contributed by atoms with Crippen LogP contribution < -0.4 is 10.1 Å². The molecule has 0 aliphatic rings. The number of hydrogen-bond donors (Lipinski definition) is 1. The molecule has 0 heterocycles. The minimum atomic E-state index is 0.423. The molecule has 2 heteroatoms. The Morgan fingerprint density at radius 1 is 1.05 bits per heavy atom. The summed E-state index contributed by atoms with van der Waals surface area (Å²) in [5.74, 6) is 0.895. The number of ether oxygens (including phenoxy) is 1. The molecule has 0 radical (unpaired) electrons. The van der Waals surface area contributed by atoms with Gasteiger partial charge in [-0.3, -0.25) is 0 Å². The minimum absolute atomic E-state index is 0.423. The maximum atomic E-state index is 5.81. The molecule has 2 nitrogen and oxygen atoms in total. The smallest absolute Gasteiger partial charge is 0.121 e. The first-order valence-electron chi connectivity index (χ1n) is 6.68. The number of anilines is 1. The molecular formula is C17H21NO. The highest BCUT2D eigenvalue weighted by Gasteiger charge is 1.99. The maximum absolute atomic E-state index is 5.81. The molecule has 2 aromatic rings. The van der Waals surface area contributed by atoms with Crippen molar-refractivity contribution < 1.29 is 4.74 Å². The number of nitrogens with one attached hydrogen (secondary N) is 1. The van der Waals surface area contributed by atoms with Crippen LogP contribution in [0.1, 0.15) is 25.0 Å². The third kappa shape index (κ3) is 4.32. The van der Waals surface area contributed by atoms with Gasteiger partial charge in [-0.25, -0.2) is 0 Å². The molecule has 0 unspecified atom stereocenters. The van der Waals surface area contributed by atoms with E-state index in [0.29, 0.717) is 12.6 Å². The third-order valence-corrected chi connectivity index (χ3v) is 2.82. The fourth-order valence-corrected chi connectivity index (χ4v) is 1.86. The summed E-state index contributed by atoms with van der Waals surface area (Å²) in [5.41, 5.74) is 3.55. The zero-order chi connectivity index (χ0) is 13.7. The van der Waals surface area contributed by atoms with E-state index in [1.807, 2.05) is 18.2 Å². The van der Waals surface area contributed by atoms with Gasteiger partial charge in [-0.05, 0) is 38.5 Å². The predicted octanol–water partition coefficient (Wildman–Crippen LogP) is 4.39. The van der Waals surface area contributed by atoms with Gasteiger partial charge in [0.05, 0.1) is 0 Å². The SMILES string of the molecule is Cc1ccc(COc2cccc(NC(C)C)c2)cc1. The Morgan fingerprint density at radius 3 is 2.47 bits per heavy atom. The van der Waals surface area contributed by atoms with Crippen molar-refractivity contribution in [2.45, 2.75) is 33.4 Å². The molecule has 0 amide bonds. The lowest BCUT2D eigenvalue weighted by Gasteiger charge is -2.12. The zero-order valence-corrected chi connectivity index (χ0v) is 11.8. The van der Waals surface area contributed by atoms with Crippen molar-refractivity contribution >= 4 is 5.69 Å². The molecule has 0 aliphatic carbocycles. The van der Waals surface area contributed by atoms with Crippen molar-refractivity contribution in [3.63, 3.8) is 0 Å². The van der Waals surface area contributed by atoms with Gasteiger partial charge in [0.15, 0.2) is 0 Å². The monoisotopic (exact) mass is 255 g/mol. The summed E-state index contributed by atoms with van der Waals surface area (Å²) in [7, 11) is 0. The Balaban J connectivity index is 1.97. The van der Waals surface area contributed by atoms with Crippen LogP contribution in [-0.4, -0.2) is 6.04 Å². The third-order valence-electron chi connectivity index (χ3n) is 2.82. The Bertz CT molecular complexity index is 517. The van der Waals surface area contributed by atoms with Gasteiger partial charge in [0.1, 0.15) is 12.4 Å². The molecule has 0 saturated heterocycles. The van der Waals surface area contributed by atoms with Crippen molar-refractivity contribution in [1.29, 1.82) is 0 Å². The largest absolute Gasteiger partial charge is 0.489 e. The Kier molecular flexibility index (Phi) is 4.45. The molecule has 19 heavy (non-hydrogen) atoms. The van der Waals surface area contributed by atoms with E-state index >= 15 is 0 Å². The van der Waals surface area contributed by atoms with E-state index in [9.17, 15) is 0 Å². The van der Waals surface area contributed by atoms with Gasteiger partial charge in [-0.2, -0.15) is 0 Å². The van der Waals surface area contributed by atoms with E-state index < -0.39 is 0 Å². The Hall–Kier alpha value is -1.96. The lowest BCUT2D eigenvalue weighted by Crippen LogP contribution is -2.09. The summed E-state index contributed by atoms with van der Waals surface area (Å²) >= 11 is 0. The summed E-state index contributed by atoms with van der Waals surface area (Å²) in [5, 5.41) is 3.37. The van der Waals surface area contributed by atoms with Crippen LogP contribution >= 0.6 is 0 Å². The molecule has 1 N–H and O–H groups in total. The van der Waals surface area contributed by atoms with Crippen LogP contribution in [0.15, 0.2) is 48.5 Å². The topological polar surface area (TPSA) is 21.3 Å². The second-order valence-corrected chi connectivity index (χ2v) is 5.10. The molecule has 0 atom stereocenters. The van der Waals surface area contributed by atoms with Gasteiger partial charge in [-0.1, -0.05) is 35.9 Å². The molecule has 0 aliphatic heterocycles. The van der Waals surface area contributed by atoms with Crippen molar-refractivity contribution in [3.05, 3.63) is 59.7 Å². The fraction of sp³-hybridized carbons (Fsp3) is 0.294. The maximum Gasteiger partial charge on any atom is 0.121 e. The molecule has 0 bridgehead atoms. The van der Waals surface area contributed by atoms with E-state index in [1.165, 1.54) is 11.1 Å². The van der Waals surface area contributed by atoms with E-state index in [-0.39, 0.29) is 0 Å². The molecule has 0 fully saturated rings. The zero-order valence-electron chi connectivity index (χ0n) is 11.8. The van der Waals surface area contributed by atoms with Crippen molar-refractivity contribution in [3.8, 4) is 5.75 Å². The van der Waals surface area contributed by atoms with Crippen LogP contribution in [0.2, 0.25) is 0 Å². The van der Waals surface area contributed by atoms with Gasteiger partial charge in [0.2, 0.25) is 0 Å². The molecule has 0 saturated carbocycles. The summed E-state index contributed by atoms with van der Waals surface area (Å²) < 4.78 is 5.81. The normalized spacial score (nSPS) is 10.5. The predicted molar refractivity (Wildman–Crippen MR) is 80.7 cm³/mol. The standard InChI is InChI=1S/C17H21NO/c1-13(2)18-16-5-4-6-17(11-16)19-12-15-9-7-14(3)8-10-15/h4-11,13,18H,12H2,1-3H3. The summed E-state index contributed by atoms with van der Waals surface area (Å²) in [6.45, 7) is 6.94. The lowest BCUT2D eigenvalue weighted by molar-refractivity contribution is 0.306. The van der Waals surface area contributed by atoms with Gasteiger partial charge >= 0.3 is 0 Å². The van der Waals surface area contributed by atoms with Crippen molar-refractivity contribution in [2.24, 2.45) is 0 Å². The Labute approximate surface area is 115 Å². The minimum Gasteiger partial charge on any atom is -0.489 e. The molecule has 100 valence electrons. The Morgan fingerprint density at radius 2 is 1.79 bits per heavy atom. The summed E-state index contributed by atoms with van der Waals surface area (Å²) in [4.78, 5) is 0. The molecule has 2 rings (SSSR count). The molecule has 2 aromatic carbocycles. The first-order valence-corrected chi connectivity index (χ1v) is 6.68. The fourth-order valence-electron chi connectivity index (χ4n) is 1.86. The van der Waals surface area contributed by atoms with E-state index in [1.54, 1.807) is 0 Å². The second kappa shape index (κ2) is 6.28. The first kappa shape index (κ1) is 13.5. The number of benzene rings is 2. The first-order chi connectivity index (χ1) is 9.13. The van der Waals surface area contributed by atoms with Crippen molar-refractivity contribution in [1.82, 2.24) is 0 Å². The summed E-state index contributed by atoms with van der Waals surface area (Å²) in [6.07, 6.45) is 0. The van der Waals surface area contributed by atoms with Gasteiger partial charge < -0.3 is 10.1 Å². The highest BCUT2D eigenvalue weighted by atomic mass is 16.5. The highest BCUT2D eigenvalue weighted by Crippen LogP contribution is 2.19. The van der Waals surface area contributed by atoms with E-state index in [4.69, 9.17) is 4.74 Å². The van der Waals surface area contributed by atoms with Crippen LogP contribution in [0.25, 0.3) is 0 Å². The van der Waals surface area contributed by atoms with E-state index in [0.717, 1.165) is 11.4 Å². The van der Waals surface area contributed by atoms with E-state index in [2.05, 4.69) is 56.4 Å². The quantitative estimate of drug-likeness (QED) is 0.855. The summed E-state index contributed by atoms with van der Waals surface area (Å²) in [6, 6.07) is 16.9. The van der Waals surface area contributed by atoms with Gasteiger partial charge in [-0.15, -0.1) is 0 Å². The van der Waals surface area contributed by atoms with Crippen LogP contribution in [0.4, 0.5) is 5.69 Å². The molecule has 0 spiro atoms. The number of hydrogen-bond acceptors (Lipinski definition) is 2. The van der Waals surface area contributed by atoms with Crippen LogP contribution in [-0.2, 0) is 6.61 Å². The van der Waals surface area contributed by atoms with Crippen molar-refractivity contribution in [2.75, 3.05) is 5.32 Å². The molecule has 0 aromatic heterocycles. The van der Waals surface area contributed by atoms with Crippen LogP contribution in [0.5, 0.6) is 5.75 Å². The second-order valence-electron chi connectivity index (χ2n) is 5.10. The number of rotatable bonds is 5. The number of aryl methyl sites for hydroxylation is 1. The van der Waals surface area contributed by atoms with Crippen LogP contribution in [0.3, 0.4) is 0 Å². The average Bonchev–Trinajstić information content (AvgIpc) is 2.38. The van der Waals surface area contributed by atoms with Gasteiger partial charge in [0.25, 0.3) is 0 Å². The lowest BCUT2D eigenvalue weighted by atomic mass is 10.2. The molecular weight excluding hydrogens is 234 g/mol. The van der Waals surface area contributed by atoms with Gasteiger partial charge in [0, 0.05) is 17.8 Å².